The van der Waals surface area contributed by atoms with Crippen LogP contribution in [0.2, 0.25) is 0 Å². The molecule has 0 amide bonds. The Balaban J connectivity index is 2.43. The topological polar surface area (TPSA) is 46.5 Å². The van der Waals surface area contributed by atoms with E-state index in [1.54, 1.807) is 12.1 Å². The lowest BCUT2D eigenvalue weighted by Gasteiger charge is -2.04. The molecule has 2 aromatic carbocycles. The molecule has 16 heavy (non-hydrogen) atoms. The van der Waals surface area contributed by atoms with E-state index in [0.717, 1.165) is 16.3 Å². The summed E-state index contributed by atoms with van der Waals surface area (Å²) >= 11 is 0. The molecule has 82 valence electrons. The smallest absolute Gasteiger partial charge is 0.309 e. The highest BCUT2D eigenvalue weighted by Gasteiger charge is 2.05. The van der Waals surface area contributed by atoms with E-state index in [0.29, 0.717) is 0 Å². The van der Waals surface area contributed by atoms with Gasteiger partial charge in [-0.05, 0) is 23.1 Å². The van der Waals surface area contributed by atoms with Crippen molar-refractivity contribution in [3.05, 3.63) is 42.0 Å². The van der Waals surface area contributed by atoms with Gasteiger partial charge in [-0.15, -0.1) is 0 Å². The molecule has 0 atom stereocenters. The van der Waals surface area contributed by atoms with Crippen molar-refractivity contribution in [2.45, 2.75) is 6.42 Å². The molecule has 0 unspecified atom stereocenters. The highest BCUT2D eigenvalue weighted by atomic mass is 16.5. The molecule has 0 spiro atoms. The Kier molecular flexibility index (Phi) is 2.77. The predicted molar refractivity (Wildman–Crippen MR) is 61.3 cm³/mol. The SMILES string of the molecule is COC(=O)Cc1ccc2cccc(O)c2c1. The first-order chi connectivity index (χ1) is 7.70. The van der Waals surface area contributed by atoms with E-state index in [1.165, 1.54) is 7.11 Å². The molecule has 0 bridgehead atoms. The maximum Gasteiger partial charge on any atom is 0.309 e. The summed E-state index contributed by atoms with van der Waals surface area (Å²) in [7, 11) is 1.36. The first-order valence-corrected chi connectivity index (χ1v) is 4.98. The van der Waals surface area contributed by atoms with Gasteiger partial charge in [0, 0.05) is 5.39 Å². The molecule has 0 aliphatic heterocycles. The van der Waals surface area contributed by atoms with Crippen LogP contribution in [-0.4, -0.2) is 18.2 Å². The number of benzene rings is 2. The van der Waals surface area contributed by atoms with E-state index >= 15 is 0 Å². The zero-order valence-corrected chi connectivity index (χ0v) is 8.93. The summed E-state index contributed by atoms with van der Waals surface area (Å²) in [5.74, 6) is -0.0565. The molecular weight excluding hydrogens is 204 g/mol. The Morgan fingerprint density at radius 3 is 2.88 bits per heavy atom. The highest BCUT2D eigenvalue weighted by molar-refractivity contribution is 5.89. The number of carbonyl (C=O) groups excluding carboxylic acids is 1. The first kappa shape index (κ1) is 10.5. The maximum absolute atomic E-state index is 11.1. The van der Waals surface area contributed by atoms with Crippen LogP contribution in [0.5, 0.6) is 5.75 Å². The van der Waals surface area contributed by atoms with Gasteiger partial charge in [0.1, 0.15) is 5.75 Å². The molecule has 3 nitrogen and oxygen atoms in total. The maximum atomic E-state index is 11.1. The summed E-state index contributed by atoms with van der Waals surface area (Å²) in [5, 5.41) is 11.4. The van der Waals surface area contributed by atoms with Crippen molar-refractivity contribution >= 4 is 16.7 Å². The van der Waals surface area contributed by atoms with E-state index in [4.69, 9.17) is 0 Å². The minimum Gasteiger partial charge on any atom is -0.507 e. The number of carbonyl (C=O) groups is 1. The van der Waals surface area contributed by atoms with Gasteiger partial charge in [-0.2, -0.15) is 0 Å². The number of hydrogen-bond acceptors (Lipinski definition) is 3. The average Bonchev–Trinajstić information content (AvgIpc) is 2.30. The summed E-state index contributed by atoms with van der Waals surface area (Å²) in [6.07, 6.45) is 0.223. The number of phenolic OH excluding ortho intramolecular Hbond substituents is 1. The third-order valence-corrected chi connectivity index (χ3v) is 2.50. The van der Waals surface area contributed by atoms with Crippen molar-refractivity contribution in [3.8, 4) is 5.75 Å². The van der Waals surface area contributed by atoms with Gasteiger partial charge in [-0.3, -0.25) is 4.79 Å². The van der Waals surface area contributed by atoms with Gasteiger partial charge in [0.15, 0.2) is 0 Å². The number of hydrogen-bond donors (Lipinski definition) is 1. The van der Waals surface area contributed by atoms with Crippen LogP contribution in [0.1, 0.15) is 5.56 Å². The standard InChI is InChI=1S/C13H12O3/c1-16-13(15)8-9-5-6-10-3-2-4-12(14)11(10)7-9/h2-7,14H,8H2,1H3. The van der Waals surface area contributed by atoms with E-state index in [9.17, 15) is 9.90 Å². The number of ether oxygens (including phenoxy) is 1. The molecule has 0 aromatic heterocycles. The van der Waals surface area contributed by atoms with Gasteiger partial charge < -0.3 is 9.84 Å². The van der Waals surface area contributed by atoms with Crippen LogP contribution in [0.15, 0.2) is 36.4 Å². The van der Waals surface area contributed by atoms with Crippen LogP contribution >= 0.6 is 0 Å². The van der Waals surface area contributed by atoms with Crippen LogP contribution in [0.4, 0.5) is 0 Å². The lowest BCUT2D eigenvalue weighted by molar-refractivity contribution is -0.139. The van der Waals surface area contributed by atoms with Gasteiger partial charge in [-0.25, -0.2) is 0 Å². The molecule has 3 heteroatoms. The zero-order valence-electron chi connectivity index (χ0n) is 8.93. The number of aromatic hydroxyl groups is 1. The van der Waals surface area contributed by atoms with Crippen molar-refractivity contribution in [3.63, 3.8) is 0 Å². The molecular formula is C13H12O3. The van der Waals surface area contributed by atoms with Crippen molar-refractivity contribution < 1.29 is 14.6 Å². The summed E-state index contributed by atoms with van der Waals surface area (Å²) in [6.45, 7) is 0. The molecule has 0 aliphatic carbocycles. The second-order valence-corrected chi connectivity index (χ2v) is 3.59. The molecule has 0 saturated heterocycles. The molecule has 0 saturated carbocycles. The molecule has 0 aliphatic rings. The van der Waals surface area contributed by atoms with Crippen LogP contribution in [0, 0.1) is 0 Å². The Morgan fingerprint density at radius 2 is 2.12 bits per heavy atom. The monoisotopic (exact) mass is 216 g/mol. The van der Waals surface area contributed by atoms with Gasteiger partial charge in [0.25, 0.3) is 0 Å². The predicted octanol–water partition coefficient (Wildman–Crippen LogP) is 2.26. The van der Waals surface area contributed by atoms with Gasteiger partial charge in [-0.1, -0.05) is 24.3 Å². The number of rotatable bonds is 2. The molecule has 2 rings (SSSR count). The van der Waals surface area contributed by atoms with Crippen molar-refractivity contribution in [2.75, 3.05) is 7.11 Å². The first-order valence-electron chi connectivity index (χ1n) is 4.98. The molecule has 0 radical (unpaired) electrons. The average molecular weight is 216 g/mol. The Labute approximate surface area is 93.3 Å². The lowest BCUT2D eigenvalue weighted by Crippen LogP contribution is -2.04. The second kappa shape index (κ2) is 4.23. The van der Waals surface area contributed by atoms with Crippen molar-refractivity contribution in [2.24, 2.45) is 0 Å². The van der Waals surface area contributed by atoms with Crippen LogP contribution < -0.4 is 0 Å². The number of fused-ring (bicyclic) bond motifs is 1. The van der Waals surface area contributed by atoms with E-state index in [1.807, 2.05) is 24.3 Å². The number of esters is 1. The molecule has 0 heterocycles. The quantitative estimate of drug-likeness (QED) is 0.783. The minimum absolute atomic E-state index is 0.223. The van der Waals surface area contributed by atoms with Crippen molar-refractivity contribution in [1.82, 2.24) is 0 Å². The van der Waals surface area contributed by atoms with Crippen molar-refractivity contribution in [1.29, 1.82) is 0 Å². The molecule has 1 N–H and O–H groups in total. The summed E-state index contributed by atoms with van der Waals surface area (Å²) in [6, 6.07) is 10.9. The lowest BCUT2D eigenvalue weighted by atomic mass is 10.0. The fourth-order valence-electron chi connectivity index (χ4n) is 1.65. The van der Waals surface area contributed by atoms with E-state index in [2.05, 4.69) is 4.74 Å². The van der Waals surface area contributed by atoms with Gasteiger partial charge in [0.2, 0.25) is 0 Å². The second-order valence-electron chi connectivity index (χ2n) is 3.59. The third kappa shape index (κ3) is 1.98. The zero-order chi connectivity index (χ0) is 11.5. The fourth-order valence-corrected chi connectivity index (χ4v) is 1.65. The summed E-state index contributed by atoms with van der Waals surface area (Å²) < 4.78 is 4.60. The van der Waals surface area contributed by atoms with Gasteiger partial charge >= 0.3 is 5.97 Å². The Hall–Kier alpha value is -2.03. The summed E-state index contributed by atoms with van der Waals surface area (Å²) in [4.78, 5) is 11.1. The highest BCUT2D eigenvalue weighted by Crippen LogP contribution is 2.25. The molecule has 0 fully saturated rings. The van der Waals surface area contributed by atoms with Crippen LogP contribution in [-0.2, 0) is 16.0 Å². The number of phenols is 1. The van der Waals surface area contributed by atoms with Crippen LogP contribution in [0.3, 0.4) is 0 Å². The van der Waals surface area contributed by atoms with E-state index in [-0.39, 0.29) is 18.1 Å². The van der Waals surface area contributed by atoms with Gasteiger partial charge in [0.05, 0.1) is 13.5 Å². The fraction of sp³-hybridized carbons (Fsp3) is 0.154. The minimum atomic E-state index is -0.283. The van der Waals surface area contributed by atoms with E-state index < -0.39 is 0 Å². The Bertz CT molecular complexity index is 532. The summed E-state index contributed by atoms with van der Waals surface area (Å²) in [5.41, 5.74) is 0.834. The third-order valence-electron chi connectivity index (χ3n) is 2.50. The normalized spacial score (nSPS) is 10.3. The molecule has 2 aromatic rings. The number of methoxy groups -OCH3 is 1. The largest absolute Gasteiger partial charge is 0.507 e. The Morgan fingerprint density at radius 1 is 1.31 bits per heavy atom. The van der Waals surface area contributed by atoms with Crippen LogP contribution in [0.25, 0.3) is 10.8 Å².